The fourth-order valence-corrected chi connectivity index (χ4v) is 3.08. The third kappa shape index (κ3) is 5.13. The van der Waals surface area contributed by atoms with Crippen LogP contribution in [-0.2, 0) is 11.3 Å². The average molecular weight is 395 g/mol. The molecule has 0 aliphatic rings. The van der Waals surface area contributed by atoms with Crippen molar-refractivity contribution in [3.63, 3.8) is 0 Å². The number of ether oxygens (including phenoxy) is 1. The number of hydrogen-bond donors (Lipinski definition) is 1. The van der Waals surface area contributed by atoms with Gasteiger partial charge in [-0.15, -0.1) is 0 Å². The summed E-state index contributed by atoms with van der Waals surface area (Å²) >= 11 is 0. The number of rotatable bonds is 8. The van der Waals surface area contributed by atoms with E-state index in [-0.39, 0.29) is 24.2 Å². The van der Waals surface area contributed by atoms with Crippen molar-refractivity contribution in [2.45, 2.75) is 32.7 Å². The molecular weight excluding hydrogens is 370 g/mol. The smallest absolute Gasteiger partial charge is 0.360 e. The minimum Gasteiger partial charge on any atom is -0.464 e. The molecule has 0 aliphatic heterocycles. The Morgan fingerprint density at radius 3 is 2.72 bits per heavy atom. The number of hydrogen-bond acceptors (Lipinski definition) is 5. The second-order valence-corrected chi connectivity index (χ2v) is 6.70. The number of benzene rings is 2. The van der Waals surface area contributed by atoms with Gasteiger partial charge in [-0.1, -0.05) is 56.2 Å². The highest BCUT2D eigenvalue weighted by molar-refractivity contribution is 6.01. The van der Waals surface area contributed by atoms with Gasteiger partial charge in [0, 0.05) is 11.9 Å². The number of nitrogens with zero attached hydrogens (tertiary/aromatic N) is 2. The van der Waals surface area contributed by atoms with E-state index in [1.807, 2.05) is 42.5 Å². The molecule has 29 heavy (non-hydrogen) atoms. The lowest BCUT2D eigenvalue weighted by Gasteiger charge is -2.22. The Bertz CT molecular complexity index is 978. The van der Waals surface area contributed by atoms with Crippen LogP contribution in [0.2, 0.25) is 0 Å². The molecule has 1 N–H and O–H groups in total. The minimum atomic E-state index is -0.572. The van der Waals surface area contributed by atoms with E-state index in [1.165, 1.54) is 13.4 Å². The van der Waals surface area contributed by atoms with Gasteiger partial charge in [0.15, 0.2) is 5.69 Å². The monoisotopic (exact) mass is 395 g/mol. The fraction of sp³-hybridized carbons (Fsp3) is 0.318. The van der Waals surface area contributed by atoms with Crippen LogP contribution in [0.1, 0.15) is 42.6 Å². The number of anilines is 1. The molecule has 2 amide bonds. The van der Waals surface area contributed by atoms with Crippen molar-refractivity contribution in [2.75, 3.05) is 19.0 Å². The topological polar surface area (TPSA) is 84.7 Å². The molecule has 0 fully saturated rings. The zero-order chi connectivity index (χ0) is 20.6. The molecule has 0 spiro atoms. The number of urea groups is 1. The highest BCUT2D eigenvalue weighted by atomic mass is 16.5. The SMILES string of the molecule is CCCCCN(Cc1nc(C(=O)OC)co1)C(=O)Nc1cccc2ccccc12. The van der Waals surface area contributed by atoms with E-state index >= 15 is 0 Å². The molecule has 0 radical (unpaired) electrons. The van der Waals surface area contributed by atoms with Gasteiger partial charge < -0.3 is 19.4 Å². The maximum atomic E-state index is 13.0. The molecule has 3 aromatic rings. The van der Waals surface area contributed by atoms with Crippen molar-refractivity contribution in [3.05, 3.63) is 60.3 Å². The van der Waals surface area contributed by atoms with E-state index in [1.54, 1.807) is 4.90 Å². The van der Waals surface area contributed by atoms with E-state index < -0.39 is 5.97 Å². The summed E-state index contributed by atoms with van der Waals surface area (Å²) in [5, 5.41) is 5.03. The molecule has 0 atom stereocenters. The first-order chi connectivity index (χ1) is 14.1. The number of aromatic nitrogens is 1. The number of methoxy groups -OCH3 is 1. The average Bonchev–Trinajstić information content (AvgIpc) is 3.21. The van der Waals surface area contributed by atoms with Crippen molar-refractivity contribution in [3.8, 4) is 0 Å². The quantitative estimate of drug-likeness (QED) is 0.436. The lowest BCUT2D eigenvalue weighted by Crippen LogP contribution is -2.35. The molecule has 2 aromatic carbocycles. The molecule has 1 heterocycles. The number of nitrogens with one attached hydrogen (secondary N) is 1. The van der Waals surface area contributed by atoms with Crippen molar-refractivity contribution < 1.29 is 18.7 Å². The lowest BCUT2D eigenvalue weighted by atomic mass is 10.1. The van der Waals surface area contributed by atoms with Crippen LogP contribution in [0.3, 0.4) is 0 Å². The molecule has 7 nitrogen and oxygen atoms in total. The number of unbranched alkanes of at least 4 members (excludes halogenated alkanes) is 2. The third-order valence-electron chi connectivity index (χ3n) is 4.62. The Morgan fingerprint density at radius 2 is 1.93 bits per heavy atom. The zero-order valence-electron chi connectivity index (χ0n) is 16.7. The van der Waals surface area contributed by atoms with Crippen LogP contribution in [0.4, 0.5) is 10.5 Å². The standard InChI is InChI=1S/C22H25N3O4/c1-3-4-7-13-25(14-20-23-19(15-29-20)21(26)28-2)22(27)24-18-12-8-10-16-9-5-6-11-17(16)18/h5-6,8-12,15H,3-4,7,13-14H2,1-2H3,(H,24,27). The van der Waals surface area contributed by atoms with Gasteiger partial charge in [-0.2, -0.15) is 0 Å². The predicted molar refractivity (Wildman–Crippen MR) is 111 cm³/mol. The van der Waals surface area contributed by atoms with Crippen LogP contribution >= 0.6 is 0 Å². The first-order valence-corrected chi connectivity index (χ1v) is 9.68. The predicted octanol–water partition coefficient (Wildman–Crippen LogP) is 4.84. The Morgan fingerprint density at radius 1 is 1.14 bits per heavy atom. The maximum absolute atomic E-state index is 13.0. The van der Waals surface area contributed by atoms with Gasteiger partial charge in [0.1, 0.15) is 6.26 Å². The molecule has 0 unspecified atom stereocenters. The molecular formula is C22H25N3O4. The number of amides is 2. The normalized spacial score (nSPS) is 10.7. The number of carbonyl (C=O) groups excluding carboxylic acids is 2. The van der Waals surface area contributed by atoms with E-state index in [9.17, 15) is 9.59 Å². The van der Waals surface area contributed by atoms with Gasteiger partial charge in [-0.25, -0.2) is 14.6 Å². The molecule has 152 valence electrons. The van der Waals surface area contributed by atoms with Crippen LogP contribution in [0.5, 0.6) is 0 Å². The zero-order valence-corrected chi connectivity index (χ0v) is 16.7. The number of oxazole rings is 1. The number of carbonyl (C=O) groups is 2. The van der Waals surface area contributed by atoms with Gasteiger partial charge >= 0.3 is 12.0 Å². The highest BCUT2D eigenvalue weighted by Gasteiger charge is 2.19. The van der Waals surface area contributed by atoms with Crippen molar-refractivity contribution in [1.82, 2.24) is 9.88 Å². The first-order valence-electron chi connectivity index (χ1n) is 9.68. The van der Waals surface area contributed by atoms with Crippen LogP contribution in [0, 0.1) is 0 Å². The summed E-state index contributed by atoms with van der Waals surface area (Å²) in [6, 6.07) is 13.4. The minimum absolute atomic E-state index is 0.0884. The molecule has 0 aliphatic carbocycles. The summed E-state index contributed by atoms with van der Waals surface area (Å²) in [6.07, 6.45) is 4.17. The van der Waals surface area contributed by atoms with Crippen LogP contribution in [0.15, 0.2) is 53.1 Å². The van der Waals surface area contributed by atoms with E-state index in [4.69, 9.17) is 4.42 Å². The largest absolute Gasteiger partial charge is 0.464 e. The van der Waals surface area contributed by atoms with Crippen molar-refractivity contribution >= 4 is 28.5 Å². The summed E-state index contributed by atoms with van der Waals surface area (Å²) in [5.74, 6) is -0.285. The van der Waals surface area contributed by atoms with Crippen LogP contribution < -0.4 is 5.32 Å². The second kappa shape index (κ2) is 9.73. The molecule has 0 saturated carbocycles. The summed E-state index contributed by atoms with van der Waals surface area (Å²) in [4.78, 5) is 30.4. The molecule has 1 aromatic heterocycles. The van der Waals surface area contributed by atoms with E-state index in [0.717, 1.165) is 35.7 Å². The van der Waals surface area contributed by atoms with E-state index in [0.29, 0.717) is 6.54 Å². The van der Waals surface area contributed by atoms with Crippen LogP contribution in [0.25, 0.3) is 10.8 Å². The Kier molecular flexibility index (Phi) is 6.84. The lowest BCUT2D eigenvalue weighted by molar-refractivity contribution is 0.0594. The van der Waals surface area contributed by atoms with Crippen molar-refractivity contribution in [2.24, 2.45) is 0 Å². The highest BCUT2D eigenvalue weighted by Crippen LogP contribution is 2.23. The maximum Gasteiger partial charge on any atom is 0.360 e. The van der Waals surface area contributed by atoms with Gasteiger partial charge in [0.2, 0.25) is 5.89 Å². The van der Waals surface area contributed by atoms with Crippen molar-refractivity contribution in [1.29, 1.82) is 0 Å². The first kappa shape index (κ1) is 20.4. The molecule has 0 bridgehead atoms. The number of esters is 1. The summed E-state index contributed by atoms with van der Waals surface area (Å²) in [5.41, 5.74) is 0.835. The fourth-order valence-electron chi connectivity index (χ4n) is 3.08. The molecule has 0 saturated heterocycles. The Balaban J connectivity index is 1.77. The Hall–Kier alpha value is -3.35. The van der Waals surface area contributed by atoms with Gasteiger partial charge in [0.25, 0.3) is 0 Å². The molecule has 7 heteroatoms. The molecule has 3 rings (SSSR count). The summed E-state index contributed by atoms with van der Waals surface area (Å²) in [6.45, 7) is 2.83. The number of fused-ring (bicyclic) bond motifs is 1. The summed E-state index contributed by atoms with van der Waals surface area (Å²) in [7, 11) is 1.28. The Labute approximate surface area is 169 Å². The second-order valence-electron chi connectivity index (χ2n) is 6.70. The van der Waals surface area contributed by atoms with E-state index in [2.05, 4.69) is 22.0 Å². The van der Waals surface area contributed by atoms with Crippen LogP contribution in [-0.4, -0.2) is 35.5 Å². The third-order valence-corrected chi connectivity index (χ3v) is 4.62. The summed E-state index contributed by atoms with van der Waals surface area (Å²) < 4.78 is 10.0. The van der Waals surface area contributed by atoms with Gasteiger partial charge in [-0.3, -0.25) is 0 Å². The van der Waals surface area contributed by atoms with Gasteiger partial charge in [-0.05, 0) is 17.9 Å². The van der Waals surface area contributed by atoms with Gasteiger partial charge in [0.05, 0.1) is 19.3 Å².